The smallest absolute Gasteiger partial charge is 0.0875 e. The van der Waals surface area contributed by atoms with Crippen LogP contribution in [0.25, 0.3) is 0 Å². The lowest BCUT2D eigenvalue weighted by atomic mass is 9.79. The minimum Gasteiger partial charge on any atom is -0.369 e. The maximum Gasteiger partial charge on any atom is 0.0875 e. The van der Waals surface area contributed by atoms with Crippen molar-refractivity contribution in [1.82, 2.24) is 0 Å². The predicted molar refractivity (Wildman–Crippen MR) is 186 cm³/mol. The van der Waals surface area contributed by atoms with Crippen LogP contribution in [0.5, 0.6) is 0 Å². The van der Waals surface area contributed by atoms with Crippen LogP contribution in [0.4, 0.5) is 0 Å². The van der Waals surface area contributed by atoms with Crippen molar-refractivity contribution >= 4 is 0 Å². The molecule has 1 saturated heterocycles. The molecule has 0 N–H and O–H groups in total. The van der Waals surface area contributed by atoms with Crippen LogP contribution in [0, 0.1) is 82.9 Å². The molecule has 0 aromatic carbocycles. The summed E-state index contributed by atoms with van der Waals surface area (Å²) in [6.07, 6.45) is 29.7. The molecule has 1 heteroatoms. The Kier molecular flexibility index (Phi) is 12.5. The van der Waals surface area contributed by atoms with Crippen LogP contribution < -0.4 is 0 Å². The summed E-state index contributed by atoms with van der Waals surface area (Å²) in [4.78, 5) is 0. The first-order chi connectivity index (χ1) is 21.3. The monoisotopic (exact) mass is 597 g/mol. The molecule has 12 rings (SSSR count). The van der Waals surface area contributed by atoms with Gasteiger partial charge in [0.05, 0.1) is 12.2 Å². The average molecular weight is 597 g/mol. The molecule has 0 aromatic rings. The lowest BCUT2D eigenvalue weighted by Crippen LogP contribution is -2.22. The summed E-state index contributed by atoms with van der Waals surface area (Å²) >= 11 is 0. The fourth-order valence-corrected chi connectivity index (χ4v) is 12.6. The highest BCUT2D eigenvalue weighted by Crippen LogP contribution is 2.70. The summed E-state index contributed by atoms with van der Waals surface area (Å²) in [7, 11) is 0. The molecule has 11 aliphatic carbocycles. The van der Waals surface area contributed by atoms with E-state index in [4.69, 9.17) is 4.74 Å². The van der Waals surface area contributed by atoms with Crippen LogP contribution in [0.3, 0.4) is 0 Å². The Morgan fingerprint density at radius 3 is 1.19 bits per heavy atom. The first kappa shape index (κ1) is 34.3. The van der Waals surface area contributed by atoms with Gasteiger partial charge in [-0.1, -0.05) is 107 Å². The zero-order chi connectivity index (χ0) is 30.7. The van der Waals surface area contributed by atoms with E-state index in [1.165, 1.54) is 104 Å². The number of hydrogen-bond donors (Lipinski definition) is 0. The van der Waals surface area contributed by atoms with Crippen LogP contribution in [0.1, 0.15) is 171 Å². The van der Waals surface area contributed by atoms with Gasteiger partial charge in [-0.2, -0.15) is 0 Å². The lowest BCUT2D eigenvalue weighted by molar-refractivity contribution is 0.225. The minimum absolute atomic E-state index is 0.749. The topological polar surface area (TPSA) is 12.5 Å². The first-order valence-corrected chi connectivity index (χ1v) is 21.0. The van der Waals surface area contributed by atoms with E-state index in [-0.39, 0.29) is 0 Å². The van der Waals surface area contributed by atoms with Gasteiger partial charge in [-0.3, -0.25) is 0 Å². The van der Waals surface area contributed by atoms with Crippen molar-refractivity contribution in [3.05, 3.63) is 0 Å². The summed E-state index contributed by atoms with van der Waals surface area (Å²) in [5.41, 5.74) is 0. The van der Waals surface area contributed by atoms with E-state index in [2.05, 4.69) is 0 Å². The van der Waals surface area contributed by atoms with E-state index in [0.717, 1.165) is 35.9 Å². The van der Waals surface area contributed by atoms with E-state index < -0.39 is 0 Å². The maximum absolute atomic E-state index is 5.68. The molecular formula is C42H76O. The van der Waals surface area contributed by atoms with Crippen molar-refractivity contribution in [2.24, 2.45) is 82.9 Å². The third kappa shape index (κ3) is 7.28. The van der Waals surface area contributed by atoms with Gasteiger partial charge in [-0.05, 0) is 147 Å². The molecule has 16 unspecified atom stereocenters. The molecule has 0 amide bonds. The third-order valence-electron chi connectivity index (χ3n) is 14.6. The lowest BCUT2D eigenvalue weighted by Gasteiger charge is -2.26. The molecule has 1 aliphatic heterocycles. The van der Waals surface area contributed by atoms with Crippen LogP contribution in [-0.4, -0.2) is 12.2 Å². The van der Waals surface area contributed by atoms with E-state index in [1.807, 2.05) is 55.4 Å². The van der Waals surface area contributed by atoms with Crippen LogP contribution >= 0.6 is 0 Å². The minimum atomic E-state index is 0.749. The highest BCUT2D eigenvalue weighted by Gasteiger charge is 2.67. The zero-order valence-electron chi connectivity index (χ0n) is 30.4. The van der Waals surface area contributed by atoms with Crippen LogP contribution in [0.15, 0.2) is 0 Å². The van der Waals surface area contributed by atoms with E-state index >= 15 is 0 Å². The molecule has 0 aromatic heterocycles. The van der Waals surface area contributed by atoms with Crippen LogP contribution in [-0.2, 0) is 4.74 Å². The molecule has 1 heterocycles. The highest BCUT2D eigenvalue weighted by molar-refractivity contribution is 5.15. The van der Waals surface area contributed by atoms with Gasteiger partial charge >= 0.3 is 0 Å². The molecule has 12 aliphatic rings. The van der Waals surface area contributed by atoms with Gasteiger partial charge < -0.3 is 4.74 Å². The number of rotatable bonds is 0. The second-order valence-corrected chi connectivity index (χ2v) is 16.1. The Morgan fingerprint density at radius 1 is 0.302 bits per heavy atom. The first-order valence-electron chi connectivity index (χ1n) is 21.0. The number of epoxide rings is 1. The van der Waals surface area contributed by atoms with Gasteiger partial charge in [0, 0.05) is 0 Å². The average Bonchev–Trinajstić information content (AvgIpc) is 4.04. The molecular weight excluding hydrogens is 520 g/mol. The predicted octanol–water partition coefficient (Wildman–Crippen LogP) is 12.6. The van der Waals surface area contributed by atoms with Gasteiger partial charge in [0.1, 0.15) is 0 Å². The van der Waals surface area contributed by atoms with Gasteiger partial charge in [0.15, 0.2) is 0 Å². The summed E-state index contributed by atoms with van der Waals surface area (Å²) in [6.45, 7) is 16.0. The fraction of sp³-hybridized carbons (Fsp3) is 1.00. The number of ether oxygens (including phenoxy) is 1. The Balaban J connectivity index is 0.000000108. The second kappa shape index (κ2) is 15.7. The van der Waals surface area contributed by atoms with Crippen LogP contribution in [0.2, 0.25) is 0 Å². The normalized spacial score (nSPS) is 51.3. The van der Waals surface area contributed by atoms with E-state index in [0.29, 0.717) is 0 Å². The van der Waals surface area contributed by atoms with E-state index in [1.54, 1.807) is 70.6 Å². The van der Waals surface area contributed by atoms with Gasteiger partial charge in [-0.15, -0.1) is 0 Å². The van der Waals surface area contributed by atoms with Gasteiger partial charge in [-0.25, -0.2) is 0 Å². The highest BCUT2D eigenvalue weighted by atomic mass is 16.6. The summed E-state index contributed by atoms with van der Waals surface area (Å²) in [5, 5.41) is 0. The Hall–Kier alpha value is -0.0400. The van der Waals surface area contributed by atoms with Crippen molar-refractivity contribution < 1.29 is 4.74 Å². The van der Waals surface area contributed by atoms with Crippen molar-refractivity contribution in [2.75, 3.05) is 0 Å². The SMILES string of the molecule is C1CC2C(C1)C1CC2C2OC12.C1CC2CC1C1CC3CC3C21.C1CC2CC2C1.C1CCC2CC2C1.CC.CC.CC.CC. The molecule has 4 bridgehead atoms. The molecule has 1 nitrogen and oxygen atoms in total. The van der Waals surface area contributed by atoms with Crippen molar-refractivity contribution in [3.8, 4) is 0 Å². The summed E-state index contributed by atoms with van der Waals surface area (Å²) in [6, 6.07) is 0. The van der Waals surface area contributed by atoms with Crippen molar-refractivity contribution in [2.45, 2.75) is 183 Å². The van der Waals surface area contributed by atoms with Gasteiger partial charge in [0.2, 0.25) is 0 Å². The standard InChI is InChI=1S/C11H16.C10H14O.C7H12.C6H10.4C2H6/c1-2-7-3-6(1)9-4-8-5-10(8)11(7)9;1-2-5-6(3-1)8-4-7(5)9-10(8)11-9;1-2-4-7-5-6(7)3-1;1-2-5-4-6(5)3-1;4*1-2/h6-11H,1-5H2;5-10H,1-4H2;6-7H,1-5H2;5-6H,1-4H2;4*1-2H3. The molecule has 0 radical (unpaired) electrons. The molecule has 0 spiro atoms. The maximum atomic E-state index is 5.68. The molecule has 11 saturated carbocycles. The Bertz CT molecular complexity index is 778. The Morgan fingerprint density at radius 2 is 0.721 bits per heavy atom. The van der Waals surface area contributed by atoms with Crippen molar-refractivity contribution in [3.63, 3.8) is 0 Å². The largest absolute Gasteiger partial charge is 0.369 e. The Labute approximate surface area is 270 Å². The summed E-state index contributed by atoms with van der Waals surface area (Å²) in [5.74, 6) is 16.4. The zero-order valence-corrected chi connectivity index (χ0v) is 30.4. The van der Waals surface area contributed by atoms with E-state index in [9.17, 15) is 0 Å². The molecule has 16 atom stereocenters. The number of hydrogen-bond acceptors (Lipinski definition) is 1. The second-order valence-electron chi connectivity index (χ2n) is 16.1. The molecule has 12 fully saturated rings. The third-order valence-corrected chi connectivity index (χ3v) is 14.6. The molecule has 250 valence electrons. The van der Waals surface area contributed by atoms with Gasteiger partial charge in [0.25, 0.3) is 0 Å². The van der Waals surface area contributed by atoms with Crippen molar-refractivity contribution in [1.29, 1.82) is 0 Å². The summed E-state index contributed by atoms with van der Waals surface area (Å²) < 4.78 is 5.68. The fourth-order valence-electron chi connectivity index (χ4n) is 12.6. The quantitative estimate of drug-likeness (QED) is 0.253. The molecule has 43 heavy (non-hydrogen) atoms. The number of fused-ring (bicyclic) bond motifs is 17.